The van der Waals surface area contributed by atoms with Gasteiger partial charge in [0.1, 0.15) is 0 Å². The Bertz CT molecular complexity index is 344. The zero-order valence-corrected chi connectivity index (χ0v) is 10.1. The molecule has 0 atom stereocenters. The molecule has 1 aromatic carbocycles. The number of hydrogen-bond acceptors (Lipinski definition) is 1. The molecule has 0 spiro atoms. The van der Waals surface area contributed by atoms with Crippen molar-refractivity contribution >= 4 is 5.91 Å². The number of halogens is 3. The predicted octanol–water partition coefficient (Wildman–Crippen LogP) is 3.48. The summed E-state index contributed by atoms with van der Waals surface area (Å²) >= 11 is 0. The third-order valence-electron chi connectivity index (χ3n) is 1.70. The summed E-state index contributed by atoms with van der Waals surface area (Å²) in [6.07, 6.45) is -3.11. The van der Waals surface area contributed by atoms with Gasteiger partial charge in [-0.25, -0.2) is 0 Å². The van der Waals surface area contributed by atoms with Crippen molar-refractivity contribution in [3.05, 3.63) is 35.4 Å². The van der Waals surface area contributed by atoms with E-state index in [9.17, 15) is 18.0 Å². The molecule has 0 radical (unpaired) electrons. The van der Waals surface area contributed by atoms with Gasteiger partial charge in [-0.2, -0.15) is 13.2 Å². The van der Waals surface area contributed by atoms with Gasteiger partial charge in [-0.15, -0.1) is 0 Å². The topological polar surface area (TPSA) is 29.1 Å². The largest absolute Gasteiger partial charge is 0.416 e. The lowest BCUT2D eigenvalue weighted by Crippen LogP contribution is -2.17. The Balaban J connectivity index is 0.000000770. The lowest BCUT2D eigenvalue weighted by molar-refractivity contribution is -0.137. The van der Waals surface area contributed by atoms with Gasteiger partial charge in [0.2, 0.25) is 0 Å². The predicted molar refractivity (Wildman–Crippen MR) is 60.8 cm³/mol. The first-order chi connectivity index (χ1) is 7.86. The van der Waals surface area contributed by atoms with Gasteiger partial charge in [0, 0.05) is 12.6 Å². The molecule has 0 saturated carbocycles. The maximum atomic E-state index is 12.1. The van der Waals surface area contributed by atoms with Crippen LogP contribution >= 0.6 is 0 Å². The molecule has 1 amide bonds. The van der Waals surface area contributed by atoms with Gasteiger partial charge in [-0.3, -0.25) is 4.79 Å². The second-order valence-electron chi connectivity index (χ2n) is 3.36. The summed E-state index contributed by atoms with van der Waals surface area (Å²) in [7, 11) is 1.42. The van der Waals surface area contributed by atoms with Gasteiger partial charge in [0.25, 0.3) is 5.91 Å². The third kappa shape index (κ3) is 5.38. The van der Waals surface area contributed by atoms with Crippen LogP contribution in [0.1, 0.15) is 36.2 Å². The van der Waals surface area contributed by atoms with E-state index in [1.165, 1.54) is 13.5 Å². The van der Waals surface area contributed by atoms with Crippen molar-refractivity contribution < 1.29 is 18.0 Å². The molecule has 0 saturated heterocycles. The first-order valence-corrected chi connectivity index (χ1v) is 5.26. The van der Waals surface area contributed by atoms with E-state index < -0.39 is 17.6 Å². The highest BCUT2D eigenvalue weighted by Gasteiger charge is 2.30. The zero-order chi connectivity index (χ0) is 13.5. The smallest absolute Gasteiger partial charge is 0.355 e. The van der Waals surface area contributed by atoms with Crippen molar-refractivity contribution in [2.45, 2.75) is 26.4 Å². The molecule has 1 N–H and O–H groups in total. The van der Waals surface area contributed by atoms with Crippen LogP contribution in [0.15, 0.2) is 24.3 Å². The number of nitrogens with one attached hydrogen (secondary N) is 1. The van der Waals surface area contributed by atoms with Gasteiger partial charge >= 0.3 is 6.18 Å². The van der Waals surface area contributed by atoms with E-state index in [0.717, 1.165) is 24.3 Å². The summed E-state index contributed by atoms with van der Waals surface area (Å²) in [5, 5.41) is 2.32. The number of carbonyl (C=O) groups is 1. The molecule has 0 aliphatic heterocycles. The van der Waals surface area contributed by atoms with E-state index in [1.807, 2.05) is 0 Å². The molecule has 0 fully saturated rings. The Hall–Kier alpha value is -1.52. The second kappa shape index (κ2) is 6.93. The van der Waals surface area contributed by atoms with Crippen molar-refractivity contribution in [1.29, 1.82) is 0 Å². The highest BCUT2D eigenvalue weighted by molar-refractivity contribution is 5.93. The fraction of sp³-hybridized carbons (Fsp3) is 0.417. The normalized spacial score (nSPS) is 10.2. The van der Waals surface area contributed by atoms with Crippen molar-refractivity contribution in [1.82, 2.24) is 5.32 Å². The number of carbonyl (C=O) groups excluding carboxylic acids is 1. The zero-order valence-electron chi connectivity index (χ0n) is 10.1. The molecule has 0 heterocycles. The summed E-state index contributed by atoms with van der Waals surface area (Å²) in [5.74, 6) is -0.404. The Kier molecular flexibility index (Phi) is 6.31. The molecule has 0 unspecified atom stereocenters. The third-order valence-corrected chi connectivity index (χ3v) is 1.70. The lowest BCUT2D eigenvalue weighted by Gasteiger charge is -2.06. The van der Waals surface area contributed by atoms with E-state index in [2.05, 4.69) is 19.2 Å². The number of alkyl halides is 3. The summed E-state index contributed by atoms with van der Waals surface area (Å²) in [4.78, 5) is 11.0. The quantitative estimate of drug-likeness (QED) is 0.808. The van der Waals surface area contributed by atoms with Crippen LogP contribution < -0.4 is 5.32 Å². The van der Waals surface area contributed by atoms with E-state index in [1.54, 1.807) is 0 Å². The van der Waals surface area contributed by atoms with Crippen molar-refractivity contribution in [3.8, 4) is 0 Å². The number of hydrogen-bond donors (Lipinski definition) is 1. The van der Waals surface area contributed by atoms with Gasteiger partial charge < -0.3 is 5.32 Å². The van der Waals surface area contributed by atoms with Crippen LogP contribution in [-0.2, 0) is 6.18 Å². The molecule has 0 bridgehead atoms. The van der Waals surface area contributed by atoms with Crippen LogP contribution in [0.4, 0.5) is 13.2 Å². The Morgan fingerprint density at radius 2 is 1.59 bits per heavy atom. The summed E-state index contributed by atoms with van der Waals surface area (Å²) in [6.45, 7) is 4.25. The van der Waals surface area contributed by atoms with Crippen LogP contribution in [0.3, 0.4) is 0 Å². The van der Waals surface area contributed by atoms with E-state index >= 15 is 0 Å². The molecule has 2 nitrogen and oxygen atoms in total. The minimum Gasteiger partial charge on any atom is -0.355 e. The van der Waals surface area contributed by atoms with Crippen LogP contribution in [0.2, 0.25) is 0 Å². The second-order valence-corrected chi connectivity index (χ2v) is 3.36. The van der Waals surface area contributed by atoms with Gasteiger partial charge in [0.15, 0.2) is 0 Å². The van der Waals surface area contributed by atoms with E-state index in [0.29, 0.717) is 0 Å². The fourth-order valence-electron chi connectivity index (χ4n) is 0.955. The molecule has 0 aromatic heterocycles. The average molecular weight is 247 g/mol. The van der Waals surface area contributed by atoms with Crippen molar-refractivity contribution in [3.63, 3.8) is 0 Å². The highest BCUT2D eigenvalue weighted by atomic mass is 19.4. The molecule has 1 aromatic rings. The van der Waals surface area contributed by atoms with E-state index in [-0.39, 0.29) is 5.56 Å². The molecule has 1 rings (SSSR count). The summed E-state index contributed by atoms with van der Waals surface area (Å²) in [6, 6.07) is 4.04. The Labute approximate surface area is 98.8 Å². The van der Waals surface area contributed by atoms with Crippen molar-refractivity contribution in [2.24, 2.45) is 0 Å². The van der Waals surface area contributed by atoms with Crippen molar-refractivity contribution in [2.75, 3.05) is 7.05 Å². The van der Waals surface area contributed by atoms with Gasteiger partial charge in [-0.05, 0) is 24.3 Å². The monoisotopic (exact) mass is 247 g/mol. The highest BCUT2D eigenvalue weighted by Crippen LogP contribution is 2.28. The standard InChI is InChI=1S/C9H8F3NO.C3H8/c1-13-8(14)6-2-4-7(5-3-6)9(10,11)12;1-3-2/h2-5H,1H3,(H,13,14);3H2,1-2H3. The summed E-state index contributed by atoms with van der Waals surface area (Å²) in [5.41, 5.74) is -0.550. The van der Waals surface area contributed by atoms with E-state index in [4.69, 9.17) is 0 Å². The van der Waals surface area contributed by atoms with Crippen LogP contribution in [0.25, 0.3) is 0 Å². The average Bonchev–Trinajstić information content (AvgIpc) is 2.28. The molecule has 17 heavy (non-hydrogen) atoms. The number of benzene rings is 1. The minimum absolute atomic E-state index is 0.209. The van der Waals surface area contributed by atoms with Crippen LogP contribution in [0, 0.1) is 0 Å². The maximum absolute atomic E-state index is 12.1. The molecule has 96 valence electrons. The number of amides is 1. The first kappa shape index (κ1) is 15.5. The van der Waals surface area contributed by atoms with Crippen LogP contribution in [0.5, 0.6) is 0 Å². The number of rotatable bonds is 1. The molecule has 0 aliphatic carbocycles. The fourth-order valence-corrected chi connectivity index (χ4v) is 0.955. The first-order valence-electron chi connectivity index (χ1n) is 5.26. The molecule has 5 heteroatoms. The Morgan fingerprint density at radius 1 is 1.18 bits per heavy atom. The summed E-state index contributed by atoms with van der Waals surface area (Å²) < 4.78 is 36.3. The molecule has 0 aliphatic rings. The van der Waals surface area contributed by atoms with Gasteiger partial charge in [-0.1, -0.05) is 20.3 Å². The molecular weight excluding hydrogens is 231 g/mol. The van der Waals surface area contributed by atoms with Crippen LogP contribution in [-0.4, -0.2) is 13.0 Å². The SMILES string of the molecule is CCC.CNC(=O)c1ccc(C(F)(F)F)cc1. The molecular formula is C12H16F3NO. The van der Waals surface area contributed by atoms with Gasteiger partial charge in [0.05, 0.1) is 5.56 Å². The minimum atomic E-state index is -4.36. The Morgan fingerprint density at radius 3 is 1.88 bits per heavy atom. The maximum Gasteiger partial charge on any atom is 0.416 e. The lowest BCUT2D eigenvalue weighted by atomic mass is 10.1.